The summed E-state index contributed by atoms with van der Waals surface area (Å²) in [4.78, 5) is 40.0. The predicted octanol–water partition coefficient (Wildman–Crippen LogP) is 2.11. The first kappa shape index (κ1) is 18.2. The van der Waals surface area contributed by atoms with Crippen LogP contribution in [0.15, 0.2) is 30.3 Å². The van der Waals surface area contributed by atoms with Crippen LogP contribution in [0.1, 0.15) is 31.2 Å². The molecule has 3 rings (SSSR count). The molecule has 1 N–H and O–H groups in total. The lowest BCUT2D eigenvalue weighted by Gasteiger charge is -2.38. The van der Waals surface area contributed by atoms with E-state index >= 15 is 0 Å². The Kier molecular flexibility index (Phi) is 5.75. The van der Waals surface area contributed by atoms with Crippen LogP contribution in [0.25, 0.3) is 0 Å². The highest BCUT2D eigenvalue weighted by Gasteiger charge is 2.45. The van der Waals surface area contributed by atoms with Gasteiger partial charge in [0.2, 0.25) is 5.91 Å². The molecule has 7 heteroatoms. The number of nitrogens with zero attached hydrogens (tertiary/aromatic N) is 2. The summed E-state index contributed by atoms with van der Waals surface area (Å²) in [5.41, 5.74) is 0.828. The second-order valence-electron chi connectivity index (χ2n) is 6.80. The minimum absolute atomic E-state index is 0.0766. The van der Waals surface area contributed by atoms with Gasteiger partial charge in [0, 0.05) is 19.6 Å². The Balaban J connectivity index is 1.69. The summed E-state index contributed by atoms with van der Waals surface area (Å²) in [6.45, 7) is 1.70. The predicted molar refractivity (Wildman–Crippen MR) is 93.3 cm³/mol. The standard InChI is InChI=1S/C19H24N2O5/c22-17(20-10-4-5-11-20)15-9-6-12-21(16(15)18(23)24)19(25)26-13-14-7-2-1-3-8-14/h1-3,7-8,15-16H,4-6,9-13H2,(H,23,24)/t15?,16-/m0/s1. The van der Waals surface area contributed by atoms with Gasteiger partial charge < -0.3 is 14.7 Å². The van der Waals surface area contributed by atoms with Gasteiger partial charge in [-0.15, -0.1) is 0 Å². The molecule has 1 aromatic carbocycles. The van der Waals surface area contributed by atoms with E-state index < -0.39 is 24.0 Å². The number of ether oxygens (including phenoxy) is 1. The average Bonchev–Trinajstić information content (AvgIpc) is 3.20. The van der Waals surface area contributed by atoms with Crippen molar-refractivity contribution >= 4 is 18.0 Å². The molecule has 0 saturated carbocycles. The Morgan fingerprint density at radius 2 is 1.73 bits per heavy atom. The third-order valence-corrected chi connectivity index (χ3v) is 5.06. The number of amides is 2. The fourth-order valence-electron chi connectivity index (χ4n) is 3.74. The number of benzene rings is 1. The van der Waals surface area contributed by atoms with E-state index in [1.807, 2.05) is 30.3 Å². The van der Waals surface area contributed by atoms with Crippen molar-refractivity contribution in [2.75, 3.05) is 19.6 Å². The summed E-state index contributed by atoms with van der Waals surface area (Å²) in [5.74, 6) is -2.02. The molecule has 140 valence electrons. The molecule has 2 fully saturated rings. The number of likely N-dealkylation sites (tertiary alicyclic amines) is 2. The fourth-order valence-corrected chi connectivity index (χ4v) is 3.74. The Hall–Kier alpha value is -2.57. The van der Waals surface area contributed by atoms with E-state index in [4.69, 9.17) is 4.74 Å². The van der Waals surface area contributed by atoms with Crippen LogP contribution in [0, 0.1) is 5.92 Å². The first-order valence-corrected chi connectivity index (χ1v) is 9.07. The van der Waals surface area contributed by atoms with Gasteiger partial charge in [0.1, 0.15) is 12.6 Å². The summed E-state index contributed by atoms with van der Waals surface area (Å²) >= 11 is 0. The van der Waals surface area contributed by atoms with E-state index in [0.717, 1.165) is 18.4 Å². The Morgan fingerprint density at radius 1 is 1.04 bits per heavy atom. The lowest BCUT2D eigenvalue weighted by Crippen LogP contribution is -2.56. The lowest BCUT2D eigenvalue weighted by molar-refractivity contribution is -0.153. The van der Waals surface area contributed by atoms with Crippen molar-refractivity contribution in [2.24, 2.45) is 5.92 Å². The van der Waals surface area contributed by atoms with Crippen LogP contribution < -0.4 is 0 Å². The van der Waals surface area contributed by atoms with Gasteiger partial charge in [-0.2, -0.15) is 0 Å². The van der Waals surface area contributed by atoms with Gasteiger partial charge >= 0.3 is 12.1 Å². The van der Waals surface area contributed by atoms with E-state index in [-0.39, 0.29) is 19.1 Å². The van der Waals surface area contributed by atoms with Crippen molar-refractivity contribution in [3.63, 3.8) is 0 Å². The molecule has 2 heterocycles. The Bertz CT molecular complexity index is 657. The molecule has 2 saturated heterocycles. The number of aliphatic carboxylic acids is 1. The van der Waals surface area contributed by atoms with Crippen LogP contribution in [0.5, 0.6) is 0 Å². The van der Waals surface area contributed by atoms with Crippen LogP contribution in [0.4, 0.5) is 4.79 Å². The highest BCUT2D eigenvalue weighted by Crippen LogP contribution is 2.28. The topological polar surface area (TPSA) is 87.2 Å². The van der Waals surface area contributed by atoms with Gasteiger partial charge in [-0.05, 0) is 31.2 Å². The van der Waals surface area contributed by atoms with Crippen molar-refractivity contribution in [1.82, 2.24) is 9.80 Å². The molecule has 0 radical (unpaired) electrons. The molecule has 2 atom stereocenters. The van der Waals surface area contributed by atoms with Crippen molar-refractivity contribution in [1.29, 1.82) is 0 Å². The number of carboxylic acid groups (broad SMARTS) is 1. The van der Waals surface area contributed by atoms with E-state index in [1.165, 1.54) is 4.90 Å². The largest absolute Gasteiger partial charge is 0.480 e. The van der Waals surface area contributed by atoms with Crippen molar-refractivity contribution in [3.8, 4) is 0 Å². The molecule has 2 aliphatic heterocycles. The molecular formula is C19H24N2O5. The highest BCUT2D eigenvalue weighted by molar-refractivity contribution is 5.89. The maximum atomic E-state index is 12.7. The minimum Gasteiger partial charge on any atom is -0.480 e. The van der Waals surface area contributed by atoms with Crippen molar-refractivity contribution in [3.05, 3.63) is 35.9 Å². The van der Waals surface area contributed by atoms with Crippen molar-refractivity contribution in [2.45, 2.75) is 38.3 Å². The van der Waals surface area contributed by atoms with E-state index in [1.54, 1.807) is 4.90 Å². The molecule has 2 aliphatic rings. The zero-order valence-corrected chi connectivity index (χ0v) is 14.7. The van der Waals surface area contributed by atoms with E-state index in [9.17, 15) is 19.5 Å². The number of hydrogen-bond acceptors (Lipinski definition) is 4. The zero-order valence-electron chi connectivity index (χ0n) is 14.7. The molecule has 1 aromatic rings. The number of hydrogen-bond donors (Lipinski definition) is 1. The lowest BCUT2D eigenvalue weighted by atomic mass is 9.88. The second-order valence-corrected chi connectivity index (χ2v) is 6.80. The summed E-state index contributed by atoms with van der Waals surface area (Å²) < 4.78 is 5.30. The molecule has 7 nitrogen and oxygen atoms in total. The Labute approximate surface area is 152 Å². The van der Waals surface area contributed by atoms with Crippen LogP contribution in [0.2, 0.25) is 0 Å². The second kappa shape index (κ2) is 8.21. The number of carbonyl (C=O) groups excluding carboxylic acids is 2. The smallest absolute Gasteiger partial charge is 0.410 e. The molecule has 2 amide bonds. The summed E-state index contributed by atoms with van der Waals surface area (Å²) in [7, 11) is 0. The summed E-state index contributed by atoms with van der Waals surface area (Å²) in [6.07, 6.45) is 2.28. The normalized spacial score (nSPS) is 22.9. The number of rotatable bonds is 4. The van der Waals surface area contributed by atoms with Crippen molar-refractivity contribution < 1.29 is 24.2 Å². The Morgan fingerprint density at radius 3 is 2.38 bits per heavy atom. The molecule has 1 unspecified atom stereocenters. The molecule has 0 aliphatic carbocycles. The summed E-state index contributed by atoms with van der Waals surface area (Å²) in [6, 6.07) is 8.05. The third-order valence-electron chi connectivity index (χ3n) is 5.06. The third kappa shape index (κ3) is 3.98. The number of piperidine rings is 1. The van der Waals surface area contributed by atoms with Crippen LogP contribution in [-0.4, -0.2) is 58.6 Å². The molecule has 0 aromatic heterocycles. The highest BCUT2D eigenvalue weighted by atomic mass is 16.6. The van der Waals surface area contributed by atoms with Gasteiger partial charge in [0.25, 0.3) is 0 Å². The zero-order chi connectivity index (χ0) is 18.5. The SMILES string of the molecule is O=C(O)[C@@H]1C(C(=O)N2CCCC2)CCCN1C(=O)OCc1ccccc1. The molecule has 0 bridgehead atoms. The van der Waals surface area contributed by atoms with Gasteiger partial charge in [-0.3, -0.25) is 9.69 Å². The van der Waals surface area contributed by atoms with Gasteiger partial charge in [0.05, 0.1) is 5.92 Å². The first-order valence-electron chi connectivity index (χ1n) is 9.07. The van der Waals surface area contributed by atoms with Crippen LogP contribution in [0.3, 0.4) is 0 Å². The first-order chi connectivity index (χ1) is 12.6. The van der Waals surface area contributed by atoms with Gasteiger partial charge in [0.15, 0.2) is 0 Å². The maximum absolute atomic E-state index is 12.7. The maximum Gasteiger partial charge on any atom is 0.410 e. The quantitative estimate of drug-likeness (QED) is 0.889. The monoisotopic (exact) mass is 360 g/mol. The van der Waals surface area contributed by atoms with E-state index in [0.29, 0.717) is 25.9 Å². The average molecular weight is 360 g/mol. The number of carboxylic acids is 1. The van der Waals surface area contributed by atoms with Crippen LogP contribution >= 0.6 is 0 Å². The number of carbonyl (C=O) groups is 3. The molecular weight excluding hydrogens is 336 g/mol. The molecule has 0 spiro atoms. The van der Waals surface area contributed by atoms with Gasteiger partial charge in [-0.25, -0.2) is 9.59 Å². The van der Waals surface area contributed by atoms with Crippen LogP contribution in [-0.2, 0) is 20.9 Å². The van der Waals surface area contributed by atoms with Gasteiger partial charge in [-0.1, -0.05) is 30.3 Å². The summed E-state index contributed by atoms with van der Waals surface area (Å²) in [5, 5.41) is 9.68. The fraction of sp³-hybridized carbons (Fsp3) is 0.526. The minimum atomic E-state index is -1.17. The molecule has 26 heavy (non-hydrogen) atoms. The van der Waals surface area contributed by atoms with E-state index in [2.05, 4.69) is 0 Å².